The molecule has 4 nitrogen and oxygen atoms in total. The second-order valence-electron chi connectivity index (χ2n) is 5.43. The van der Waals surface area contributed by atoms with E-state index in [1.807, 2.05) is 6.92 Å². The molecular weight excluding hydrogens is 216 g/mol. The van der Waals surface area contributed by atoms with E-state index in [9.17, 15) is 5.21 Å². The second-order valence-corrected chi connectivity index (χ2v) is 5.43. The van der Waals surface area contributed by atoms with Crippen molar-refractivity contribution in [3.8, 4) is 0 Å². The van der Waals surface area contributed by atoms with Gasteiger partial charge in [-0.25, -0.2) is 4.74 Å². The van der Waals surface area contributed by atoms with Gasteiger partial charge in [0, 0.05) is 12.5 Å². The smallest absolute Gasteiger partial charge is 0.194 e. The summed E-state index contributed by atoms with van der Waals surface area (Å²) < 4.78 is 7.21. The lowest BCUT2D eigenvalue weighted by molar-refractivity contribution is -0.426. The van der Waals surface area contributed by atoms with Crippen LogP contribution in [0.3, 0.4) is 0 Å². The number of hydrogen-bond donors (Lipinski definition) is 1. The van der Waals surface area contributed by atoms with Gasteiger partial charge in [-0.1, -0.05) is 13.3 Å². The molecule has 98 valence electrons. The van der Waals surface area contributed by atoms with Crippen molar-refractivity contribution >= 4 is 5.71 Å². The fourth-order valence-electron chi connectivity index (χ4n) is 3.35. The van der Waals surface area contributed by atoms with Crippen LogP contribution in [0.5, 0.6) is 0 Å². The van der Waals surface area contributed by atoms with Crippen molar-refractivity contribution in [2.45, 2.75) is 51.2 Å². The molecule has 17 heavy (non-hydrogen) atoms. The highest BCUT2D eigenvalue weighted by molar-refractivity contribution is 5.87. The maximum Gasteiger partial charge on any atom is 0.194 e. The zero-order valence-corrected chi connectivity index (χ0v) is 11.2. The van der Waals surface area contributed by atoms with Crippen LogP contribution in [0.1, 0.15) is 39.5 Å². The van der Waals surface area contributed by atoms with Crippen molar-refractivity contribution in [3.05, 3.63) is 5.21 Å². The highest BCUT2D eigenvalue weighted by Gasteiger charge is 2.51. The Bertz CT molecular complexity index is 311. The molecule has 2 saturated heterocycles. The van der Waals surface area contributed by atoms with Crippen LogP contribution in [-0.4, -0.2) is 42.3 Å². The molecule has 0 aromatic rings. The van der Waals surface area contributed by atoms with Gasteiger partial charge in [0.05, 0.1) is 12.0 Å². The Kier molecular flexibility index (Phi) is 3.73. The molecule has 0 aromatic heterocycles. The van der Waals surface area contributed by atoms with Crippen LogP contribution in [0.4, 0.5) is 0 Å². The zero-order valence-electron chi connectivity index (χ0n) is 11.2. The van der Waals surface area contributed by atoms with Crippen molar-refractivity contribution in [2.24, 2.45) is 5.92 Å². The van der Waals surface area contributed by atoms with Crippen LogP contribution in [0.15, 0.2) is 0 Å². The molecule has 2 rings (SSSR count). The van der Waals surface area contributed by atoms with Gasteiger partial charge in [0.1, 0.15) is 13.2 Å². The van der Waals surface area contributed by atoms with Crippen molar-refractivity contribution in [1.82, 2.24) is 5.32 Å². The van der Waals surface area contributed by atoms with Crippen LogP contribution in [0, 0.1) is 11.1 Å². The number of hydroxylamine groups is 1. The normalized spacial score (nSPS) is 40.9. The molecule has 2 aliphatic heterocycles. The summed E-state index contributed by atoms with van der Waals surface area (Å²) in [6, 6.07) is 0. The van der Waals surface area contributed by atoms with E-state index in [0.29, 0.717) is 5.92 Å². The van der Waals surface area contributed by atoms with Gasteiger partial charge in [-0.15, -0.1) is 0 Å². The maximum absolute atomic E-state index is 11.5. The summed E-state index contributed by atoms with van der Waals surface area (Å²) in [5.41, 5.74) is 0.835. The van der Waals surface area contributed by atoms with Gasteiger partial charge in [-0.2, -0.15) is 0 Å². The summed E-state index contributed by atoms with van der Waals surface area (Å²) in [7, 11) is 1.59. The fraction of sp³-hybridized carbons (Fsp3) is 0.923. The second kappa shape index (κ2) is 4.94. The van der Waals surface area contributed by atoms with Gasteiger partial charge < -0.3 is 15.3 Å². The molecule has 3 atom stereocenters. The molecule has 2 aliphatic rings. The molecule has 0 bridgehead atoms. The molecule has 1 N–H and O–H groups in total. The van der Waals surface area contributed by atoms with E-state index >= 15 is 0 Å². The van der Waals surface area contributed by atoms with Crippen molar-refractivity contribution in [3.63, 3.8) is 0 Å². The molecule has 2 heterocycles. The first kappa shape index (κ1) is 12.8. The van der Waals surface area contributed by atoms with Gasteiger partial charge >= 0.3 is 0 Å². The first-order valence-electron chi connectivity index (χ1n) is 6.74. The first-order valence-corrected chi connectivity index (χ1v) is 6.74. The number of rotatable bonds is 2. The SMILES string of the molecule is CCCC1CNCCC12C/C(=[N+](\C)[O-])C(C)O2. The largest absolute Gasteiger partial charge is 0.624 e. The summed E-state index contributed by atoms with van der Waals surface area (Å²) in [4.78, 5) is 0. The maximum atomic E-state index is 11.5. The summed E-state index contributed by atoms with van der Waals surface area (Å²) in [6.45, 7) is 6.24. The number of hydrogen-bond acceptors (Lipinski definition) is 3. The van der Waals surface area contributed by atoms with E-state index in [0.717, 1.165) is 36.4 Å². The number of piperidine rings is 1. The molecule has 0 radical (unpaired) electrons. The van der Waals surface area contributed by atoms with Crippen molar-refractivity contribution in [2.75, 3.05) is 20.1 Å². The lowest BCUT2D eigenvalue weighted by Gasteiger charge is -2.40. The van der Waals surface area contributed by atoms with Gasteiger partial charge in [-0.3, -0.25) is 0 Å². The lowest BCUT2D eigenvalue weighted by Crippen LogP contribution is -2.50. The Morgan fingerprint density at radius 2 is 2.35 bits per heavy atom. The van der Waals surface area contributed by atoms with E-state index in [4.69, 9.17) is 4.74 Å². The summed E-state index contributed by atoms with van der Waals surface area (Å²) >= 11 is 0. The van der Waals surface area contributed by atoms with Crippen LogP contribution < -0.4 is 5.32 Å². The molecule has 0 aromatic carbocycles. The average molecular weight is 240 g/mol. The van der Waals surface area contributed by atoms with Gasteiger partial charge in [-0.05, 0) is 26.3 Å². The molecule has 3 unspecified atom stereocenters. The van der Waals surface area contributed by atoms with Gasteiger partial charge in [0.2, 0.25) is 0 Å². The molecule has 4 heteroatoms. The quantitative estimate of drug-likeness (QED) is 0.452. The highest BCUT2D eigenvalue weighted by Crippen LogP contribution is 2.41. The molecule has 0 aliphatic carbocycles. The Morgan fingerprint density at radius 1 is 1.59 bits per heavy atom. The first-order chi connectivity index (χ1) is 8.09. The minimum Gasteiger partial charge on any atom is -0.624 e. The molecular formula is C13H24N2O2. The van der Waals surface area contributed by atoms with E-state index < -0.39 is 0 Å². The number of nitrogens with zero attached hydrogens (tertiary/aromatic N) is 1. The molecule has 2 fully saturated rings. The lowest BCUT2D eigenvalue weighted by atomic mass is 9.77. The van der Waals surface area contributed by atoms with Crippen LogP contribution in [0.2, 0.25) is 0 Å². The third-order valence-corrected chi connectivity index (χ3v) is 4.26. The number of nitrogens with one attached hydrogen (secondary N) is 1. The zero-order chi connectivity index (χ0) is 12.5. The van der Waals surface area contributed by atoms with Crippen LogP contribution >= 0.6 is 0 Å². The monoisotopic (exact) mass is 240 g/mol. The van der Waals surface area contributed by atoms with E-state index in [1.165, 1.54) is 12.8 Å². The van der Waals surface area contributed by atoms with Gasteiger partial charge in [0.15, 0.2) is 5.71 Å². The Morgan fingerprint density at radius 3 is 2.94 bits per heavy atom. The topological polar surface area (TPSA) is 47.3 Å². The van der Waals surface area contributed by atoms with Crippen LogP contribution in [0.25, 0.3) is 0 Å². The minimum atomic E-state index is -0.0747. The summed E-state index contributed by atoms with van der Waals surface area (Å²) in [5.74, 6) is 0.543. The standard InChI is InChI=1S/C13H24N2O2/c1-4-5-11-9-14-7-6-13(11)8-12(15(3)16)10(2)17-13/h10-11,14H,4-9H2,1-3H3/b15-12-. The van der Waals surface area contributed by atoms with E-state index in [2.05, 4.69) is 12.2 Å². The van der Waals surface area contributed by atoms with Crippen molar-refractivity contribution in [1.29, 1.82) is 0 Å². The summed E-state index contributed by atoms with van der Waals surface area (Å²) in [6.07, 6.45) is 4.18. The Hall–Kier alpha value is -0.610. The predicted octanol–water partition coefficient (Wildman–Crippen LogP) is 1.52. The summed E-state index contributed by atoms with van der Waals surface area (Å²) in [5, 5.41) is 15.0. The number of ether oxygens (including phenoxy) is 1. The van der Waals surface area contributed by atoms with Crippen LogP contribution in [-0.2, 0) is 4.74 Å². The fourth-order valence-corrected chi connectivity index (χ4v) is 3.35. The third kappa shape index (κ3) is 2.33. The van der Waals surface area contributed by atoms with E-state index in [-0.39, 0.29) is 11.7 Å². The molecule has 0 saturated carbocycles. The van der Waals surface area contributed by atoms with Gasteiger partial charge in [0.25, 0.3) is 0 Å². The Labute approximate surface area is 104 Å². The predicted molar refractivity (Wildman–Crippen MR) is 68.3 cm³/mol. The minimum absolute atomic E-state index is 0.0186. The van der Waals surface area contributed by atoms with E-state index in [1.54, 1.807) is 7.05 Å². The average Bonchev–Trinajstić information content (AvgIpc) is 2.61. The third-order valence-electron chi connectivity index (χ3n) is 4.26. The molecule has 0 amide bonds. The molecule has 1 spiro atoms. The van der Waals surface area contributed by atoms with Crippen molar-refractivity contribution < 1.29 is 9.48 Å². The Balaban J connectivity index is 2.20. The highest BCUT2D eigenvalue weighted by atomic mass is 16.5.